The summed E-state index contributed by atoms with van der Waals surface area (Å²) in [6.45, 7) is 14.2. The van der Waals surface area contributed by atoms with Gasteiger partial charge < -0.3 is 5.11 Å². The van der Waals surface area contributed by atoms with Crippen LogP contribution in [0.25, 0.3) is 32.9 Å². The molecular formula is C38H43F3IrNO2-. The SMILES string of the molecule is CC(C)C(=O)/C=C(\O)C(F)(F)F.Cc1cc(C)c2c(C3CCCCC3)cc(-c3[c-]c4ccccc4c(C(C)(C)C)c3)nc2c1.[Ir]. The average molecular weight is 795 g/mol. The number of pyridine rings is 1. The van der Waals surface area contributed by atoms with Gasteiger partial charge in [-0.3, -0.25) is 9.78 Å². The molecule has 1 N–H and O–H groups in total. The Kier molecular flexibility index (Phi) is 11.8. The van der Waals surface area contributed by atoms with E-state index in [-0.39, 0.29) is 31.6 Å². The Labute approximate surface area is 278 Å². The van der Waals surface area contributed by atoms with Gasteiger partial charge in [0.2, 0.25) is 5.76 Å². The van der Waals surface area contributed by atoms with E-state index in [1.807, 2.05) is 0 Å². The number of alkyl halides is 3. The Morgan fingerprint density at radius 2 is 1.64 bits per heavy atom. The van der Waals surface area contributed by atoms with Crippen LogP contribution in [0.3, 0.4) is 0 Å². The van der Waals surface area contributed by atoms with E-state index >= 15 is 0 Å². The molecular weight excluding hydrogens is 752 g/mol. The number of halogens is 3. The molecule has 1 saturated carbocycles. The molecule has 1 heterocycles. The van der Waals surface area contributed by atoms with Gasteiger partial charge in [0, 0.05) is 43.2 Å². The first-order chi connectivity index (χ1) is 20.6. The van der Waals surface area contributed by atoms with Crippen molar-refractivity contribution in [3.05, 3.63) is 88.7 Å². The van der Waals surface area contributed by atoms with E-state index in [1.165, 1.54) is 84.4 Å². The summed E-state index contributed by atoms with van der Waals surface area (Å²) in [5.74, 6) is -2.50. The van der Waals surface area contributed by atoms with Crippen LogP contribution < -0.4 is 0 Å². The van der Waals surface area contributed by atoms with Crippen LogP contribution in [-0.2, 0) is 30.3 Å². The zero-order chi connectivity index (χ0) is 32.4. The molecule has 1 fully saturated rings. The third kappa shape index (κ3) is 8.83. The van der Waals surface area contributed by atoms with E-state index < -0.39 is 23.6 Å². The number of aromatic nitrogens is 1. The Balaban J connectivity index is 0.000000365. The van der Waals surface area contributed by atoms with Crippen LogP contribution >= 0.6 is 0 Å². The zero-order valence-electron chi connectivity index (χ0n) is 27.2. The predicted molar refractivity (Wildman–Crippen MR) is 174 cm³/mol. The summed E-state index contributed by atoms with van der Waals surface area (Å²) in [4.78, 5) is 15.9. The standard InChI is InChI=1S/C31H34N.C7H9F3O2.Ir/c1-20-15-21(2)30-26(22-11-7-6-8-12-22)19-28(32-29(30)16-20)24-17-23-13-9-10-14-25(23)27(18-24)31(3,4)5;1-4(2)5(11)3-6(12)7(8,9)10;/h9-10,13-16,18-19,22H,6-8,11-12H2,1-5H3;3-4,12H,1-2H3;/q-1;;/b;6-3-;. The van der Waals surface area contributed by atoms with Crippen LogP contribution in [0.2, 0.25) is 0 Å². The molecule has 4 aromatic rings. The number of hydrogen-bond donors (Lipinski definition) is 1. The van der Waals surface area contributed by atoms with Crippen molar-refractivity contribution < 1.29 is 43.2 Å². The Morgan fingerprint density at radius 3 is 2.24 bits per heavy atom. The summed E-state index contributed by atoms with van der Waals surface area (Å²) in [7, 11) is 0. The van der Waals surface area contributed by atoms with Crippen LogP contribution in [-0.4, -0.2) is 22.1 Å². The molecule has 0 saturated heterocycles. The molecule has 3 aromatic carbocycles. The Morgan fingerprint density at radius 1 is 1.00 bits per heavy atom. The van der Waals surface area contributed by atoms with Crippen molar-refractivity contribution in [1.29, 1.82) is 0 Å². The number of allylic oxidation sites excluding steroid dienone is 2. The van der Waals surface area contributed by atoms with Gasteiger partial charge in [-0.05, 0) is 60.8 Å². The number of nitrogens with zero attached hydrogens (tertiary/aromatic N) is 1. The first-order valence-corrected chi connectivity index (χ1v) is 15.5. The van der Waals surface area contributed by atoms with Gasteiger partial charge in [-0.25, -0.2) is 0 Å². The largest absolute Gasteiger partial charge is 0.504 e. The summed E-state index contributed by atoms with van der Waals surface area (Å²) in [6, 6.07) is 21.7. The zero-order valence-corrected chi connectivity index (χ0v) is 29.6. The van der Waals surface area contributed by atoms with Crippen molar-refractivity contribution in [3.8, 4) is 11.3 Å². The first kappa shape index (κ1) is 36.4. The monoisotopic (exact) mass is 795 g/mol. The fourth-order valence-electron chi connectivity index (χ4n) is 6.04. The maximum atomic E-state index is 11.6. The second kappa shape index (κ2) is 14.6. The fraction of sp³-hybridized carbons (Fsp3) is 0.421. The van der Waals surface area contributed by atoms with Gasteiger partial charge in [0.05, 0.1) is 5.52 Å². The minimum atomic E-state index is -4.83. The minimum Gasteiger partial charge on any atom is -0.504 e. The fourth-order valence-corrected chi connectivity index (χ4v) is 6.04. The number of aryl methyl sites for hydroxylation is 2. The maximum absolute atomic E-state index is 11.6. The summed E-state index contributed by atoms with van der Waals surface area (Å²) >= 11 is 0. The summed E-state index contributed by atoms with van der Waals surface area (Å²) < 4.78 is 34.8. The van der Waals surface area contributed by atoms with Crippen molar-refractivity contribution >= 4 is 27.5 Å². The molecule has 45 heavy (non-hydrogen) atoms. The van der Waals surface area contributed by atoms with E-state index in [0.717, 1.165) is 16.8 Å². The Bertz CT molecular complexity index is 1690. The second-order valence-corrected chi connectivity index (χ2v) is 13.4. The van der Waals surface area contributed by atoms with Crippen molar-refractivity contribution in [3.63, 3.8) is 0 Å². The van der Waals surface area contributed by atoms with Gasteiger partial charge in [0.1, 0.15) is 0 Å². The van der Waals surface area contributed by atoms with Crippen molar-refractivity contribution in [2.45, 2.75) is 98.1 Å². The van der Waals surface area contributed by atoms with E-state index in [2.05, 4.69) is 89.2 Å². The Hall–Kier alpha value is -3.02. The first-order valence-electron chi connectivity index (χ1n) is 15.5. The molecule has 1 radical (unpaired) electrons. The molecule has 243 valence electrons. The molecule has 7 heteroatoms. The number of fused-ring (bicyclic) bond motifs is 2. The van der Waals surface area contributed by atoms with E-state index in [4.69, 9.17) is 10.1 Å². The summed E-state index contributed by atoms with van der Waals surface area (Å²) in [5.41, 5.74) is 8.89. The number of carbonyl (C=O) groups excluding carboxylic acids is 1. The third-order valence-electron chi connectivity index (χ3n) is 8.32. The average Bonchev–Trinajstić information content (AvgIpc) is 2.95. The predicted octanol–water partition coefficient (Wildman–Crippen LogP) is 11.0. The maximum Gasteiger partial charge on any atom is 0.448 e. The van der Waals surface area contributed by atoms with Crippen LogP contribution in [0.5, 0.6) is 0 Å². The summed E-state index contributed by atoms with van der Waals surface area (Å²) in [6.07, 6.45) is 2.00. The van der Waals surface area contributed by atoms with E-state index in [0.29, 0.717) is 5.92 Å². The molecule has 0 spiro atoms. The molecule has 0 atom stereocenters. The van der Waals surface area contributed by atoms with Gasteiger partial charge in [0.25, 0.3) is 0 Å². The van der Waals surface area contributed by atoms with Gasteiger partial charge in [0.15, 0.2) is 5.78 Å². The molecule has 0 unspecified atom stereocenters. The molecule has 3 nitrogen and oxygen atoms in total. The number of rotatable bonds is 4. The third-order valence-corrected chi connectivity index (χ3v) is 8.32. The molecule has 5 rings (SSSR count). The minimum absolute atomic E-state index is 0. The topological polar surface area (TPSA) is 50.2 Å². The smallest absolute Gasteiger partial charge is 0.448 e. The van der Waals surface area contributed by atoms with Gasteiger partial charge in [-0.1, -0.05) is 95.2 Å². The van der Waals surface area contributed by atoms with Crippen molar-refractivity contribution in [2.24, 2.45) is 5.92 Å². The molecule has 1 aromatic heterocycles. The van der Waals surface area contributed by atoms with Crippen LogP contribution in [0.1, 0.15) is 94.9 Å². The molecule has 1 aliphatic carbocycles. The molecule has 0 amide bonds. The number of carbonyl (C=O) groups is 1. The van der Waals surface area contributed by atoms with Crippen LogP contribution in [0.15, 0.2) is 60.4 Å². The van der Waals surface area contributed by atoms with Crippen LogP contribution in [0.4, 0.5) is 13.2 Å². The van der Waals surface area contributed by atoms with Crippen molar-refractivity contribution in [1.82, 2.24) is 4.98 Å². The summed E-state index contributed by atoms with van der Waals surface area (Å²) in [5, 5.41) is 12.2. The normalized spacial score (nSPS) is 14.7. The van der Waals surface area contributed by atoms with E-state index in [1.54, 1.807) is 0 Å². The van der Waals surface area contributed by atoms with Crippen LogP contribution in [0, 0.1) is 25.8 Å². The molecule has 0 bridgehead atoms. The second-order valence-electron chi connectivity index (χ2n) is 13.4. The molecule has 0 aliphatic heterocycles. The van der Waals surface area contributed by atoms with Gasteiger partial charge in [-0.2, -0.15) is 13.2 Å². The van der Waals surface area contributed by atoms with Crippen molar-refractivity contribution in [2.75, 3.05) is 0 Å². The quantitative estimate of drug-likeness (QED) is 0.127. The number of ketones is 1. The number of aliphatic hydroxyl groups excluding tert-OH is 1. The van der Waals surface area contributed by atoms with Gasteiger partial charge in [-0.15, -0.1) is 29.1 Å². The van der Waals surface area contributed by atoms with Gasteiger partial charge >= 0.3 is 6.18 Å². The number of benzene rings is 3. The molecule has 1 aliphatic rings. The number of hydrogen-bond acceptors (Lipinski definition) is 3. The van der Waals surface area contributed by atoms with E-state index in [9.17, 15) is 18.0 Å². The number of aliphatic hydroxyl groups is 1.